The number of ether oxygens (including phenoxy) is 2. The number of alkyl halides is 6. The van der Waals surface area contributed by atoms with Crippen molar-refractivity contribution < 1.29 is 45.7 Å². The first-order valence-electron chi connectivity index (χ1n) is 10.1. The van der Waals surface area contributed by atoms with Crippen molar-refractivity contribution in [1.29, 1.82) is 0 Å². The summed E-state index contributed by atoms with van der Waals surface area (Å²) in [5, 5.41) is 12.5. The van der Waals surface area contributed by atoms with E-state index in [9.17, 15) is 36.2 Å². The van der Waals surface area contributed by atoms with E-state index in [1.807, 2.05) is 0 Å². The highest BCUT2D eigenvalue weighted by Crippen LogP contribution is 2.36. The minimum Gasteiger partial charge on any atom is -0.507 e. The van der Waals surface area contributed by atoms with E-state index in [0.29, 0.717) is 24.7 Å². The van der Waals surface area contributed by atoms with Gasteiger partial charge < -0.3 is 19.7 Å². The topological polar surface area (TPSA) is 85.6 Å². The van der Waals surface area contributed by atoms with Crippen LogP contribution in [0.3, 0.4) is 0 Å². The molecule has 1 amide bonds. The molecule has 0 unspecified atom stereocenters. The molecule has 186 valence electrons. The third kappa shape index (κ3) is 7.22. The number of nitrogens with one attached hydrogen (secondary N) is 1. The molecule has 7 nitrogen and oxygen atoms in total. The second kappa shape index (κ2) is 10.1. The third-order valence-corrected chi connectivity index (χ3v) is 5.02. The minimum atomic E-state index is -4.70. The number of hydrogen-bond donors (Lipinski definition) is 2. The highest BCUT2D eigenvalue weighted by molar-refractivity contribution is 5.78. The second-order valence-electron chi connectivity index (χ2n) is 7.72. The number of benzene rings is 1. The molecule has 1 fully saturated rings. The summed E-state index contributed by atoms with van der Waals surface area (Å²) < 4.78 is 85.1. The van der Waals surface area contributed by atoms with Gasteiger partial charge in [-0.15, -0.1) is 13.2 Å². The largest absolute Gasteiger partial charge is 0.522 e. The van der Waals surface area contributed by atoms with Crippen molar-refractivity contribution in [2.45, 2.75) is 50.6 Å². The number of phenolic OH excluding ortho intramolecular Hbond substituents is 1. The normalized spacial score (nSPS) is 18.4. The number of nitrogens with zero attached hydrogens (tertiary/aromatic N) is 2. The van der Waals surface area contributed by atoms with Crippen molar-refractivity contribution in [3.63, 3.8) is 0 Å². The Morgan fingerprint density at radius 3 is 2.53 bits per heavy atom. The average molecular weight is 493 g/mol. The summed E-state index contributed by atoms with van der Waals surface area (Å²) in [5.74, 6) is -1.06. The van der Waals surface area contributed by atoms with Gasteiger partial charge in [-0.3, -0.25) is 9.53 Å². The van der Waals surface area contributed by atoms with E-state index < -0.39 is 42.0 Å². The van der Waals surface area contributed by atoms with Crippen LogP contribution in [0.5, 0.6) is 5.75 Å². The molecule has 1 heterocycles. The zero-order valence-electron chi connectivity index (χ0n) is 17.6. The second-order valence-corrected chi connectivity index (χ2v) is 7.72. The maximum absolute atomic E-state index is 12.7. The molecule has 0 bridgehead atoms. The van der Waals surface area contributed by atoms with Gasteiger partial charge in [0.2, 0.25) is 5.91 Å². The van der Waals surface area contributed by atoms with Gasteiger partial charge in [0.25, 0.3) is 0 Å². The molecule has 2 aromatic rings. The van der Waals surface area contributed by atoms with E-state index in [4.69, 9.17) is 4.74 Å². The fraction of sp³-hybridized carbons (Fsp3) is 0.429. The van der Waals surface area contributed by atoms with Crippen LogP contribution in [0.2, 0.25) is 0 Å². The zero-order chi connectivity index (χ0) is 25.1. The minimum absolute atomic E-state index is 0.0468. The molecule has 0 saturated heterocycles. The molecule has 1 aromatic carbocycles. The number of aromatic hydroxyl groups is 1. The monoisotopic (exact) mass is 493 g/mol. The lowest BCUT2D eigenvalue weighted by atomic mass is 9.92. The number of carbonyl (C=O) groups is 1. The summed E-state index contributed by atoms with van der Waals surface area (Å²) in [6.45, 7) is 3.71. The van der Waals surface area contributed by atoms with E-state index >= 15 is 0 Å². The van der Waals surface area contributed by atoms with E-state index in [1.54, 1.807) is 4.57 Å². The first-order chi connectivity index (χ1) is 15.8. The third-order valence-electron chi connectivity index (χ3n) is 5.02. The summed E-state index contributed by atoms with van der Waals surface area (Å²) in [6, 6.07) is 2.60. The van der Waals surface area contributed by atoms with E-state index in [-0.39, 0.29) is 30.7 Å². The number of imidazole rings is 1. The summed E-state index contributed by atoms with van der Waals surface area (Å²) in [5.41, 5.74) is -0.221. The van der Waals surface area contributed by atoms with E-state index in [1.165, 1.54) is 12.5 Å². The van der Waals surface area contributed by atoms with Crippen LogP contribution in [0, 0.1) is 0 Å². The number of hydrogen-bond acceptors (Lipinski definition) is 5. The Hall–Kier alpha value is -3.06. The summed E-state index contributed by atoms with van der Waals surface area (Å²) in [6.07, 6.45) is -7.39. The first-order valence-corrected chi connectivity index (χ1v) is 10.1. The number of halogens is 6. The standard InChI is InChI=1S/C21H21F6N3O4/c1-12(29-19(32)10-33-14-7-15(8-14)34-21(25,26)27)4-5-30-9-17(28-11-30)16-3-2-13(6-18(16)31)20(22,23)24/h2-3,6,9,11,14-15,31H,1,4-5,7-8,10H2,(H,29,32)/t14-,15+. The highest BCUT2D eigenvalue weighted by Gasteiger charge is 2.40. The quantitative estimate of drug-likeness (QED) is 0.507. The Kier molecular flexibility index (Phi) is 7.56. The summed E-state index contributed by atoms with van der Waals surface area (Å²) in [4.78, 5) is 16.0. The van der Waals surface area contributed by atoms with Crippen LogP contribution in [-0.2, 0) is 27.0 Å². The molecule has 0 atom stereocenters. The van der Waals surface area contributed by atoms with Crippen molar-refractivity contribution in [3.8, 4) is 17.0 Å². The summed E-state index contributed by atoms with van der Waals surface area (Å²) in [7, 11) is 0. The molecule has 3 rings (SSSR count). The lowest BCUT2D eigenvalue weighted by Gasteiger charge is -2.34. The van der Waals surface area contributed by atoms with Crippen molar-refractivity contribution >= 4 is 5.91 Å². The van der Waals surface area contributed by atoms with Crippen LogP contribution in [-0.4, -0.2) is 45.7 Å². The molecular formula is C21H21F6N3O4. The molecule has 1 saturated carbocycles. The Morgan fingerprint density at radius 1 is 1.21 bits per heavy atom. The van der Waals surface area contributed by atoms with Gasteiger partial charge in [-0.05, 0) is 18.2 Å². The van der Waals surface area contributed by atoms with Gasteiger partial charge in [0.05, 0.1) is 29.8 Å². The SMILES string of the molecule is C=C(CCn1cnc(-c2ccc(C(F)(F)F)cc2O)c1)NC(=O)CO[C@H]1C[C@@H](OC(F)(F)F)C1. The zero-order valence-corrected chi connectivity index (χ0v) is 17.6. The molecular weight excluding hydrogens is 472 g/mol. The lowest BCUT2D eigenvalue weighted by molar-refractivity contribution is -0.357. The average Bonchev–Trinajstić information content (AvgIpc) is 3.15. The highest BCUT2D eigenvalue weighted by atomic mass is 19.4. The Bertz CT molecular complexity index is 1030. The van der Waals surface area contributed by atoms with E-state index in [2.05, 4.69) is 21.6 Å². The fourth-order valence-corrected chi connectivity index (χ4v) is 3.24. The van der Waals surface area contributed by atoms with Crippen LogP contribution < -0.4 is 5.32 Å². The number of phenols is 1. The smallest absolute Gasteiger partial charge is 0.507 e. The van der Waals surface area contributed by atoms with Gasteiger partial charge >= 0.3 is 12.5 Å². The molecule has 1 aliphatic rings. The fourth-order valence-electron chi connectivity index (χ4n) is 3.24. The van der Waals surface area contributed by atoms with Gasteiger partial charge in [0.15, 0.2) is 0 Å². The molecule has 0 aliphatic heterocycles. The van der Waals surface area contributed by atoms with Crippen LogP contribution in [0.15, 0.2) is 43.0 Å². The number of amides is 1. The van der Waals surface area contributed by atoms with Crippen molar-refractivity contribution in [3.05, 3.63) is 48.6 Å². The Balaban J connectivity index is 1.40. The lowest BCUT2D eigenvalue weighted by Crippen LogP contribution is -2.42. The summed E-state index contributed by atoms with van der Waals surface area (Å²) >= 11 is 0. The Morgan fingerprint density at radius 2 is 1.91 bits per heavy atom. The van der Waals surface area contributed by atoms with Gasteiger partial charge in [-0.1, -0.05) is 6.58 Å². The molecule has 13 heteroatoms. The van der Waals surface area contributed by atoms with Gasteiger partial charge in [-0.25, -0.2) is 4.98 Å². The van der Waals surface area contributed by atoms with Crippen molar-refractivity contribution in [1.82, 2.24) is 14.9 Å². The molecule has 1 aliphatic carbocycles. The van der Waals surface area contributed by atoms with Crippen LogP contribution in [0.25, 0.3) is 11.3 Å². The molecule has 2 N–H and O–H groups in total. The number of allylic oxidation sites excluding steroid dienone is 1. The molecule has 0 spiro atoms. The molecule has 0 radical (unpaired) electrons. The van der Waals surface area contributed by atoms with Crippen LogP contribution in [0.4, 0.5) is 26.3 Å². The van der Waals surface area contributed by atoms with E-state index in [0.717, 1.165) is 12.1 Å². The van der Waals surface area contributed by atoms with Crippen LogP contribution >= 0.6 is 0 Å². The number of carbonyl (C=O) groups excluding carboxylic acids is 1. The van der Waals surface area contributed by atoms with Crippen molar-refractivity contribution in [2.24, 2.45) is 0 Å². The predicted molar refractivity (Wildman–Crippen MR) is 106 cm³/mol. The number of rotatable bonds is 9. The number of aromatic nitrogens is 2. The Labute approximate surface area is 190 Å². The molecule has 34 heavy (non-hydrogen) atoms. The number of aryl methyl sites for hydroxylation is 1. The predicted octanol–water partition coefficient (Wildman–Crippen LogP) is 4.38. The molecule has 1 aromatic heterocycles. The van der Waals surface area contributed by atoms with Gasteiger partial charge in [0, 0.05) is 43.3 Å². The van der Waals surface area contributed by atoms with Crippen molar-refractivity contribution in [2.75, 3.05) is 6.61 Å². The maximum Gasteiger partial charge on any atom is 0.522 e. The first kappa shape index (κ1) is 25.6. The van der Waals surface area contributed by atoms with Gasteiger partial charge in [-0.2, -0.15) is 13.2 Å². The van der Waals surface area contributed by atoms with Crippen LogP contribution in [0.1, 0.15) is 24.8 Å². The maximum atomic E-state index is 12.7. The van der Waals surface area contributed by atoms with Gasteiger partial charge in [0.1, 0.15) is 12.4 Å².